The third-order valence-corrected chi connectivity index (χ3v) is 2.59. The molecule has 14 heavy (non-hydrogen) atoms. The lowest BCUT2D eigenvalue weighted by atomic mass is 10.4. The summed E-state index contributed by atoms with van der Waals surface area (Å²) in [6.07, 6.45) is -4.70. The van der Waals surface area contributed by atoms with Crippen LogP contribution in [0.5, 0.6) is 0 Å². The lowest BCUT2D eigenvalue weighted by Gasteiger charge is -2.06. The summed E-state index contributed by atoms with van der Waals surface area (Å²) in [4.78, 5) is 0.122. The van der Waals surface area contributed by atoms with Gasteiger partial charge in [0.15, 0.2) is 0 Å². The van der Waals surface area contributed by atoms with Crippen LogP contribution in [-0.2, 0) is 4.18 Å². The number of rotatable bonds is 2. The Morgan fingerprint density at radius 1 is 1.21 bits per heavy atom. The van der Waals surface area contributed by atoms with E-state index in [1.807, 2.05) is 0 Å². The van der Waals surface area contributed by atoms with Crippen molar-refractivity contribution in [2.45, 2.75) is 11.3 Å². The average molecular weight is 263 g/mol. The van der Waals surface area contributed by atoms with Gasteiger partial charge in [0.25, 0.3) is 0 Å². The van der Waals surface area contributed by atoms with Crippen LogP contribution in [0.2, 0.25) is 10.0 Å². The van der Waals surface area contributed by atoms with Gasteiger partial charge in [-0.3, -0.25) is 0 Å². The van der Waals surface area contributed by atoms with Crippen LogP contribution < -0.4 is 0 Å². The minimum absolute atomic E-state index is 0.122. The van der Waals surface area contributed by atoms with E-state index in [4.69, 9.17) is 23.2 Å². The molecule has 0 aromatic heterocycles. The molecule has 0 amide bonds. The van der Waals surface area contributed by atoms with E-state index < -0.39 is 6.36 Å². The van der Waals surface area contributed by atoms with Gasteiger partial charge in [-0.05, 0) is 18.2 Å². The van der Waals surface area contributed by atoms with Crippen molar-refractivity contribution in [3.8, 4) is 0 Å². The SMILES string of the molecule is FC(F)(F)OSc1cc(Cl)ccc1Cl. The highest BCUT2D eigenvalue weighted by Crippen LogP contribution is 2.34. The van der Waals surface area contributed by atoms with E-state index in [0.717, 1.165) is 0 Å². The zero-order valence-electron chi connectivity index (χ0n) is 6.44. The fourth-order valence-electron chi connectivity index (χ4n) is 0.633. The Bertz CT molecular complexity index is 329. The van der Waals surface area contributed by atoms with Crippen LogP contribution >= 0.6 is 35.2 Å². The van der Waals surface area contributed by atoms with Crippen LogP contribution in [0, 0.1) is 0 Å². The van der Waals surface area contributed by atoms with E-state index in [1.54, 1.807) is 0 Å². The minimum Gasteiger partial charge on any atom is -0.215 e. The molecule has 0 heterocycles. The van der Waals surface area contributed by atoms with Gasteiger partial charge in [0, 0.05) is 17.1 Å². The van der Waals surface area contributed by atoms with Crippen molar-refractivity contribution < 1.29 is 17.4 Å². The van der Waals surface area contributed by atoms with E-state index in [0.29, 0.717) is 5.02 Å². The quantitative estimate of drug-likeness (QED) is 0.724. The predicted octanol–water partition coefficient (Wildman–Crippen LogP) is 4.54. The van der Waals surface area contributed by atoms with Gasteiger partial charge < -0.3 is 0 Å². The number of hydrogen-bond donors (Lipinski definition) is 0. The molecule has 7 heteroatoms. The van der Waals surface area contributed by atoms with Crippen LogP contribution in [0.1, 0.15) is 0 Å². The lowest BCUT2D eigenvalue weighted by molar-refractivity contribution is -0.266. The maximum absolute atomic E-state index is 11.7. The highest BCUT2D eigenvalue weighted by atomic mass is 35.5. The molecule has 0 spiro atoms. The molecule has 1 aromatic carbocycles. The van der Waals surface area contributed by atoms with Gasteiger partial charge in [-0.15, -0.1) is 13.2 Å². The molecule has 1 rings (SSSR count). The molecule has 0 radical (unpaired) electrons. The van der Waals surface area contributed by atoms with Gasteiger partial charge in [-0.1, -0.05) is 23.2 Å². The minimum atomic E-state index is -4.70. The molecule has 0 aliphatic heterocycles. The third-order valence-electron chi connectivity index (χ3n) is 1.12. The summed E-state index contributed by atoms with van der Waals surface area (Å²) in [5.41, 5.74) is 0. The number of halogens is 5. The molecule has 0 N–H and O–H groups in total. The van der Waals surface area contributed by atoms with E-state index in [1.165, 1.54) is 18.2 Å². The zero-order chi connectivity index (χ0) is 10.8. The standard InChI is InChI=1S/C7H3Cl2F3OS/c8-4-1-2-5(9)6(3-4)14-13-7(10,11)12/h1-3H. The van der Waals surface area contributed by atoms with Gasteiger partial charge in [0.2, 0.25) is 0 Å². The Kier molecular flexibility index (Phi) is 3.94. The second kappa shape index (κ2) is 4.61. The van der Waals surface area contributed by atoms with Gasteiger partial charge in [-0.25, -0.2) is 4.18 Å². The monoisotopic (exact) mass is 262 g/mol. The Morgan fingerprint density at radius 2 is 1.86 bits per heavy atom. The van der Waals surface area contributed by atoms with E-state index >= 15 is 0 Å². The number of hydrogen-bond acceptors (Lipinski definition) is 2. The molecule has 1 nitrogen and oxygen atoms in total. The van der Waals surface area contributed by atoms with E-state index in [9.17, 15) is 13.2 Å². The summed E-state index contributed by atoms with van der Waals surface area (Å²) in [6.45, 7) is 0. The van der Waals surface area contributed by atoms with Crippen molar-refractivity contribution in [1.82, 2.24) is 0 Å². The molecule has 78 valence electrons. The topological polar surface area (TPSA) is 9.23 Å². The Morgan fingerprint density at radius 3 is 2.43 bits per heavy atom. The Hall–Kier alpha value is -0.100. The maximum atomic E-state index is 11.7. The lowest BCUT2D eigenvalue weighted by Crippen LogP contribution is -2.07. The van der Waals surface area contributed by atoms with Crippen LogP contribution in [0.3, 0.4) is 0 Å². The second-order valence-corrected chi connectivity index (χ2v) is 3.80. The number of alkyl halides is 3. The molecular formula is C7H3Cl2F3OS. The molecule has 0 unspecified atom stereocenters. The van der Waals surface area contributed by atoms with Crippen molar-refractivity contribution in [2.75, 3.05) is 0 Å². The summed E-state index contributed by atoms with van der Waals surface area (Å²) in [7, 11) is 0. The van der Waals surface area contributed by atoms with Crippen LogP contribution in [0.15, 0.2) is 23.1 Å². The van der Waals surface area contributed by atoms with Crippen LogP contribution in [0.25, 0.3) is 0 Å². The van der Waals surface area contributed by atoms with Gasteiger partial charge in [0.05, 0.1) is 9.92 Å². The van der Waals surface area contributed by atoms with Gasteiger partial charge in [0.1, 0.15) is 0 Å². The predicted molar refractivity (Wildman–Crippen MR) is 49.5 cm³/mol. The summed E-state index contributed by atoms with van der Waals surface area (Å²) in [5.74, 6) is 0. The highest BCUT2D eigenvalue weighted by Gasteiger charge is 2.30. The largest absolute Gasteiger partial charge is 0.533 e. The fraction of sp³-hybridized carbons (Fsp3) is 0.143. The summed E-state index contributed by atoms with van der Waals surface area (Å²) in [5, 5.41) is 0.450. The van der Waals surface area contributed by atoms with E-state index in [-0.39, 0.29) is 22.0 Å². The average Bonchev–Trinajstić information content (AvgIpc) is 2.05. The van der Waals surface area contributed by atoms with Crippen LogP contribution in [-0.4, -0.2) is 6.36 Å². The molecule has 0 saturated carbocycles. The molecule has 0 aliphatic carbocycles. The molecule has 0 atom stereocenters. The number of benzene rings is 1. The molecule has 0 fully saturated rings. The molecule has 0 aliphatic rings. The van der Waals surface area contributed by atoms with E-state index in [2.05, 4.69) is 4.18 Å². The summed E-state index contributed by atoms with van der Waals surface area (Å²) >= 11 is 11.3. The first-order valence-corrected chi connectivity index (χ1v) is 4.76. The highest BCUT2D eigenvalue weighted by molar-refractivity contribution is 7.94. The zero-order valence-corrected chi connectivity index (χ0v) is 8.77. The maximum Gasteiger partial charge on any atom is 0.533 e. The third kappa shape index (κ3) is 3.96. The Labute approximate surface area is 92.3 Å². The first kappa shape index (κ1) is 12.0. The van der Waals surface area contributed by atoms with Gasteiger partial charge >= 0.3 is 6.36 Å². The van der Waals surface area contributed by atoms with Crippen molar-refractivity contribution in [3.63, 3.8) is 0 Å². The smallest absolute Gasteiger partial charge is 0.215 e. The first-order valence-electron chi connectivity index (χ1n) is 3.26. The van der Waals surface area contributed by atoms with Crippen molar-refractivity contribution in [2.24, 2.45) is 0 Å². The molecule has 0 saturated heterocycles. The van der Waals surface area contributed by atoms with Crippen molar-refractivity contribution >= 4 is 35.2 Å². The molecular weight excluding hydrogens is 260 g/mol. The summed E-state index contributed by atoms with van der Waals surface area (Å²) < 4.78 is 38.5. The molecule has 1 aromatic rings. The van der Waals surface area contributed by atoms with Crippen molar-refractivity contribution in [3.05, 3.63) is 28.2 Å². The molecule has 0 bridgehead atoms. The fourth-order valence-corrected chi connectivity index (χ4v) is 1.59. The van der Waals surface area contributed by atoms with Crippen LogP contribution in [0.4, 0.5) is 13.2 Å². The first-order chi connectivity index (χ1) is 6.38. The van der Waals surface area contributed by atoms with Crippen molar-refractivity contribution in [1.29, 1.82) is 0 Å². The van der Waals surface area contributed by atoms with Gasteiger partial charge in [-0.2, -0.15) is 0 Å². The summed E-state index contributed by atoms with van der Waals surface area (Å²) in [6, 6.07) is 4.16. The second-order valence-electron chi connectivity index (χ2n) is 2.19. The Balaban J connectivity index is 2.72. The normalized spacial score (nSPS) is 11.8.